The molecule has 0 unspecified atom stereocenters. The molecule has 0 N–H and O–H groups in total. The first-order chi connectivity index (χ1) is 8.65. The number of nitrogens with zero attached hydrogens (tertiary/aromatic N) is 2. The van der Waals surface area contributed by atoms with E-state index in [0.29, 0.717) is 5.91 Å². The summed E-state index contributed by atoms with van der Waals surface area (Å²) in [5, 5.41) is 0. The highest BCUT2D eigenvalue weighted by atomic mass is 16.2. The molecule has 2 fully saturated rings. The molecule has 2 aliphatic rings. The zero-order chi connectivity index (χ0) is 13.0. The fraction of sp³-hybridized carbons (Fsp3) is 0.800. The van der Waals surface area contributed by atoms with Gasteiger partial charge in [0.15, 0.2) is 0 Å². The van der Waals surface area contributed by atoms with Gasteiger partial charge in [0, 0.05) is 38.0 Å². The lowest BCUT2D eigenvalue weighted by atomic mass is 10.1. The van der Waals surface area contributed by atoms with Gasteiger partial charge >= 0.3 is 0 Å². The van der Waals surface area contributed by atoms with Gasteiger partial charge in [-0.2, -0.15) is 0 Å². The minimum absolute atomic E-state index is 0.0167. The molecule has 1 aliphatic heterocycles. The third-order valence-electron chi connectivity index (χ3n) is 4.00. The Hall–Kier alpha value is -1.01. The SMILES string of the molecule is CCC#CCN1CCCN(C(=O)C2(C)CC2)CC1. The van der Waals surface area contributed by atoms with Crippen LogP contribution in [0.4, 0.5) is 0 Å². The van der Waals surface area contributed by atoms with E-state index in [9.17, 15) is 4.79 Å². The molecule has 1 saturated carbocycles. The highest BCUT2D eigenvalue weighted by Crippen LogP contribution is 2.46. The van der Waals surface area contributed by atoms with Crippen molar-refractivity contribution in [3.8, 4) is 11.8 Å². The van der Waals surface area contributed by atoms with Crippen LogP contribution in [0.1, 0.15) is 39.5 Å². The van der Waals surface area contributed by atoms with E-state index >= 15 is 0 Å². The Labute approximate surface area is 111 Å². The van der Waals surface area contributed by atoms with Crippen LogP contribution in [0.5, 0.6) is 0 Å². The summed E-state index contributed by atoms with van der Waals surface area (Å²) in [6, 6.07) is 0. The minimum atomic E-state index is -0.0167. The zero-order valence-electron chi connectivity index (χ0n) is 11.7. The summed E-state index contributed by atoms with van der Waals surface area (Å²) < 4.78 is 0. The highest BCUT2D eigenvalue weighted by molar-refractivity contribution is 5.84. The van der Waals surface area contributed by atoms with Gasteiger partial charge in [-0.15, -0.1) is 5.92 Å². The number of hydrogen-bond donors (Lipinski definition) is 0. The van der Waals surface area contributed by atoms with Crippen LogP contribution in [0.25, 0.3) is 0 Å². The number of amides is 1. The van der Waals surface area contributed by atoms with Crippen molar-refractivity contribution in [2.24, 2.45) is 5.41 Å². The molecule has 0 bridgehead atoms. The van der Waals surface area contributed by atoms with Crippen LogP contribution in [0.15, 0.2) is 0 Å². The fourth-order valence-electron chi connectivity index (χ4n) is 2.41. The molecule has 100 valence electrons. The molecule has 0 aromatic rings. The van der Waals surface area contributed by atoms with E-state index < -0.39 is 0 Å². The second-order valence-corrected chi connectivity index (χ2v) is 5.69. The number of rotatable bonds is 2. The van der Waals surface area contributed by atoms with Crippen molar-refractivity contribution >= 4 is 5.91 Å². The Morgan fingerprint density at radius 1 is 1.17 bits per heavy atom. The molecular weight excluding hydrogens is 224 g/mol. The number of hydrogen-bond acceptors (Lipinski definition) is 2. The van der Waals surface area contributed by atoms with Gasteiger partial charge in [-0.3, -0.25) is 9.69 Å². The van der Waals surface area contributed by atoms with Crippen molar-refractivity contribution in [1.29, 1.82) is 0 Å². The van der Waals surface area contributed by atoms with E-state index in [4.69, 9.17) is 0 Å². The van der Waals surface area contributed by atoms with Crippen molar-refractivity contribution < 1.29 is 4.79 Å². The standard InChI is InChI=1S/C15H24N2O/c1-3-4-5-9-16-10-6-11-17(13-12-16)14(18)15(2)7-8-15/h3,6-13H2,1-2H3. The van der Waals surface area contributed by atoms with E-state index in [2.05, 4.69) is 35.5 Å². The average molecular weight is 248 g/mol. The molecular formula is C15H24N2O. The van der Waals surface area contributed by atoms with Gasteiger partial charge < -0.3 is 4.90 Å². The average Bonchev–Trinajstić information content (AvgIpc) is 3.14. The Morgan fingerprint density at radius 2 is 1.94 bits per heavy atom. The van der Waals surface area contributed by atoms with E-state index in [1.165, 1.54) is 0 Å². The Balaban J connectivity index is 1.82. The Kier molecular flexibility index (Phi) is 4.29. The molecule has 1 heterocycles. The second-order valence-electron chi connectivity index (χ2n) is 5.69. The maximum absolute atomic E-state index is 12.3. The Bertz CT molecular complexity index is 362. The van der Waals surface area contributed by atoms with Gasteiger partial charge in [-0.25, -0.2) is 0 Å². The van der Waals surface area contributed by atoms with Crippen LogP contribution in [-0.2, 0) is 4.79 Å². The predicted molar refractivity (Wildman–Crippen MR) is 73.0 cm³/mol. The largest absolute Gasteiger partial charge is 0.341 e. The summed E-state index contributed by atoms with van der Waals surface area (Å²) >= 11 is 0. The van der Waals surface area contributed by atoms with Crippen LogP contribution < -0.4 is 0 Å². The van der Waals surface area contributed by atoms with Crippen LogP contribution in [0.3, 0.4) is 0 Å². The quantitative estimate of drug-likeness (QED) is 0.695. The smallest absolute Gasteiger partial charge is 0.228 e. The molecule has 3 heteroatoms. The van der Waals surface area contributed by atoms with Crippen LogP contribution in [0.2, 0.25) is 0 Å². The van der Waals surface area contributed by atoms with Gasteiger partial charge in [-0.1, -0.05) is 19.8 Å². The topological polar surface area (TPSA) is 23.6 Å². The van der Waals surface area contributed by atoms with Gasteiger partial charge in [0.2, 0.25) is 5.91 Å². The van der Waals surface area contributed by atoms with Gasteiger partial charge in [-0.05, 0) is 19.3 Å². The lowest BCUT2D eigenvalue weighted by molar-refractivity contribution is -0.136. The molecule has 0 aromatic heterocycles. The van der Waals surface area contributed by atoms with Crippen LogP contribution in [0, 0.1) is 17.3 Å². The maximum Gasteiger partial charge on any atom is 0.228 e. The summed E-state index contributed by atoms with van der Waals surface area (Å²) in [4.78, 5) is 16.7. The summed E-state index contributed by atoms with van der Waals surface area (Å²) in [7, 11) is 0. The van der Waals surface area contributed by atoms with Gasteiger partial charge in [0.25, 0.3) is 0 Å². The lowest BCUT2D eigenvalue weighted by Crippen LogP contribution is -2.39. The fourth-order valence-corrected chi connectivity index (χ4v) is 2.41. The van der Waals surface area contributed by atoms with E-state index in [1.807, 2.05) is 0 Å². The third kappa shape index (κ3) is 3.26. The van der Waals surface area contributed by atoms with Crippen molar-refractivity contribution in [2.75, 3.05) is 32.7 Å². The van der Waals surface area contributed by atoms with Crippen molar-refractivity contribution in [1.82, 2.24) is 9.80 Å². The van der Waals surface area contributed by atoms with Crippen molar-refractivity contribution in [3.05, 3.63) is 0 Å². The van der Waals surface area contributed by atoms with E-state index in [0.717, 1.165) is 58.4 Å². The number of carbonyl (C=O) groups is 1. The minimum Gasteiger partial charge on any atom is -0.341 e. The molecule has 0 radical (unpaired) electrons. The monoisotopic (exact) mass is 248 g/mol. The summed E-state index contributed by atoms with van der Waals surface area (Å²) in [5.41, 5.74) is -0.0167. The molecule has 1 aliphatic carbocycles. The first kappa shape index (κ1) is 13.4. The molecule has 0 atom stereocenters. The molecule has 2 rings (SSSR count). The maximum atomic E-state index is 12.3. The second kappa shape index (κ2) is 5.75. The molecule has 1 saturated heterocycles. The van der Waals surface area contributed by atoms with Crippen molar-refractivity contribution in [3.63, 3.8) is 0 Å². The summed E-state index contributed by atoms with van der Waals surface area (Å²) in [5.74, 6) is 6.68. The van der Waals surface area contributed by atoms with Crippen LogP contribution in [-0.4, -0.2) is 48.4 Å². The highest BCUT2D eigenvalue weighted by Gasteiger charge is 2.47. The van der Waals surface area contributed by atoms with Crippen LogP contribution >= 0.6 is 0 Å². The lowest BCUT2D eigenvalue weighted by Gasteiger charge is -2.24. The number of carbonyl (C=O) groups excluding carboxylic acids is 1. The zero-order valence-corrected chi connectivity index (χ0v) is 11.7. The predicted octanol–water partition coefficient (Wildman–Crippen LogP) is 1.73. The van der Waals surface area contributed by atoms with Gasteiger partial charge in [0.05, 0.1) is 6.54 Å². The molecule has 1 amide bonds. The summed E-state index contributed by atoms with van der Waals surface area (Å²) in [6.07, 6.45) is 4.16. The molecule has 0 spiro atoms. The first-order valence-electron chi connectivity index (χ1n) is 7.13. The summed E-state index contributed by atoms with van der Waals surface area (Å²) in [6.45, 7) is 8.87. The third-order valence-corrected chi connectivity index (χ3v) is 4.00. The first-order valence-corrected chi connectivity index (χ1v) is 7.13. The Morgan fingerprint density at radius 3 is 2.61 bits per heavy atom. The molecule has 0 aromatic carbocycles. The van der Waals surface area contributed by atoms with Gasteiger partial charge in [0.1, 0.15) is 0 Å². The normalized spacial score (nSPS) is 22.9. The van der Waals surface area contributed by atoms with E-state index in [-0.39, 0.29) is 5.41 Å². The van der Waals surface area contributed by atoms with Crippen molar-refractivity contribution in [2.45, 2.75) is 39.5 Å². The van der Waals surface area contributed by atoms with E-state index in [1.54, 1.807) is 0 Å². The molecule has 18 heavy (non-hydrogen) atoms. The molecule has 3 nitrogen and oxygen atoms in total.